The lowest BCUT2D eigenvalue weighted by Crippen LogP contribution is -2.56. The van der Waals surface area contributed by atoms with E-state index < -0.39 is 11.5 Å². The van der Waals surface area contributed by atoms with Crippen LogP contribution in [0, 0.1) is 12.3 Å². The van der Waals surface area contributed by atoms with Gasteiger partial charge in [-0.05, 0) is 36.8 Å². The molecule has 1 heterocycles. The Bertz CT molecular complexity index is 634. The van der Waals surface area contributed by atoms with Crippen molar-refractivity contribution in [2.75, 3.05) is 6.54 Å². The van der Waals surface area contributed by atoms with Crippen LogP contribution in [0.25, 0.3) is 0 Å². The van der Waals surface area contributed by atoms with Crippen molar-refractivity contribution in [1.29, 1.82) is 0 Å². The van der Waals surface area contributed by atoms with Crippen molar-refractivity contribution in [3.05, 3.63) is 35.4 Å². The first-order chi connectivity index (χ1) is 11.3. The van der Waals surface area contributed by atoms with Crippen LogP contribution in [0.3, 0.4) is 0 Å². The number of carbonyl (C=O) groups excluding carboxylic acids is 3. The van der Waals surface area contributed by atoms with Gasteiger partial charge >= 0.3 is 0 Å². The van der Waals surface area contributed by atoms with Crippen LogP contribution in [0.4, 0.5) is 0 Å². The van der Waals surface area contributed by atoms with Gasteiger partial charge in [0, 0.05) is 12.1 Å². The molecule has 0 unspecified atom stereocenters. The number of carbonyl (C=O) groups is 3. The number of likely N-dealkylation sites (tertiary alicyclic amines) is 1. The Morgan fingerprint density at radius 1 is 1.29 bits per heavy atom. The zero-order valence-electron chi connectivity index (χ0n) is 14.8. The van der Waals surface area contributed by atoms with Crippen molar-refractivity contribution in [3.63, 3.8) is 0 Å². The van der Waals surface area contributed by atoms with Crippen molar-refractivity contribution < 1.29 is 14.4 Å². The molecule has 2 atom stereocenters. The Hall–Kier alpha value is -2.17. The maximum atomic E-state index is 13.0. The zero-order chi connectivity index (χ0) is 17.9. The van der Waals surface area contributed by atoms with Gasteiger partial charge < -0.3 is 15.0 Å². The second-order valence-corrected chi connectivity index (χ2v) is 7.46. The highest BCUT2D eigenvalue weighted by molar-refractivity contribution is 5.99. The number of nitrogens with one attached hydrogen (secondary N) is 1. The van der Waals surface area contributed by atoms with Gasteiger partial charge in [0.05, 0.1) is 6.04 Å². The van der Waals surface area contributed by atoms with Crippen LogP contribution in [-0.2, 0) is 9.59 Å². The molecule has 0 radical (unpaired) electrons. The predicted molar refractivity (Wildman–Crippen MR) is 92.7 cm³/mol. The van der Waals surface area contributed by atoms with Crippen LogP contribution in [-0.4, -0.2) is 41.6 Å². The van der Waals surface area contributed by atoms with Gasteiger partial charge in [0.25, 0.3) is 5.91 Å². The summed E-state index contributed by atoms with van der Waals surface area (Å²) in [5.41, 5.74) is 0.973. The van der Waals surface area contributed by atoms with Crippen molar-refractivity contribution in [2.24, 2.45) is 5.41 Å². The Morgan fingerprint density at radius 2 is 1.96 bits per heavy atom. The second kappa shape index (κ2) is 7.16. The van der Waals surface area contributed by atoms with E-state index in [9.17, 15) is 14.4 Å². The van der Waals surface area contributed by atoms with E-state index in [2.05, 4.69) is 5.32 Å². The average Bonchev–Trinajstić information content (AvgIpc) is 2.99. The quantitative estimate of drug-likeness (QED) is 0.862. The third-order valence-corrected chi connectivity index (χ3v) is 4.52. The predicted octanol–water partition coefficient (Wildman–Crippen LogP) is 2.33. The fourth-order valence-corrected chi connectivity index (χ4v) is 3.06. The monoisotopic (exact) mass is 330 g/mol. The molecular weight excluding hydrogens is 304 g/mol. The molecule has 1 aromatic rings. The van der Waals surface area contributed by atoms with E-state index in [-0.39, 0.29) is 17.9 Å². The minimum absolute atomic E-state index is 0.181. The molecule has 2 amide bonds. The molecule has 0 aliphatic carbocycles. The molecule has 2 rings (SSSR count). The number of rotatable bonds is 4. The minimum atomic E-state index is -0.676. The molecule has 0 bridgehead atoms. The average molecular weight is 330 g/mol. The van der Waals surface area contributed by atoms with Gasteiger partial charge in [0.1, 0.15) is 12.3 Å². The standard InChI is InChI=1S/C19H26N2O3/c1-13-8-5-6-10-15(13)17(23)20-16(19(2,3)4)18(24)21-11-7-9-14(21)12-22/h5-6,8,10,12,14,16H,7,9,11H2,1-4H3,(H,20,23)/t14-,16+/m0/s1. The van der Waals surface area contributed by atoms with Crippen LogP contribution in [0.15, 0.2) is 24.3 Å². The van der Waals surface area contributed by atoms with Gasteiger partial charge in [-0.25, -0.2) is 0 Å². The third-order valence-electron chi connectivity index (χ3n) is 4.52. The maximum absolute atomic E-state index is 13.0. The number of hydrogen-bond acceptors (Lipinski definition) is 3. The summed E-state index contributed by atoms with van der Waals surface area (Å²) in [4.78, 5) is 38.4. The van der Waals surface area contributed by atoms with Gasteiger partial charge in [-0.2, -0.15) is 0 Å². The molecule has 5 heteroatoms. The van der Waals surface area contributed by atoms with E-state index in [1.165, 1.54) is 0 Å². The van der Waals surface area contributed by atoms with Crippen molar-refractivity contribution in [2.45, 2.75) is 52.6 Å². The highest BCUT2D eigenvalue weighted by Gasteiger charge is 2.39. The first-order valence-electron chi connectivity index (χ1n) is 8.38. The molecule has 1 fully saturated rings. The smallest absolute Gasteiger partial charge is 0.252 e. The van der Waals surface area contributed by atoms with Crippen molar-refractivity contribution >= 4 is 18.1 Å². The zero-order valence-corrected chi connectivity index (χ0v) is 14.8. The molecule has 1 saturated heterocycles. The third kappa shape index (κ3) is 3.83. The molecule has 24 heavy (non-hydrogen) atoms. The molecule has 0 aromatic heterocycles. The Kier molecular flexibility index (Phi) is 5.42. The van der Waals surface area contributed by atoms with Gasteiger partial charge in [-0.3, -0.25) is 9.59 Å². The molecule has 0 saturated carbocycles. The summed E-state index contributed by atoms with van der Waals surface area (Å²) in [7, 11) is 0. The molecule has 130 valence electrons. The van der Waals surface area contributed by atoms with E-state index in [1.807, 2.05) is 39.8 Å². The molecule has 1 aliphatic rings. The summed E-state index contributed by atoms with van der Waals surface area (Å²) in [5, 5.41) is 2.89. The van der Waals surface area contributed by atoms with Crippen LogP contribution in [0.5, 0.6) is 0 Å². The van der Waals surface area contributed by atoms with E-state index in [0.29, 0.717) is 18.5 Å². The molecule has 5 nitrogen and oxygen atoms in total. The Labute approximate surface area is 143 Å². The topological polar surface area (TPSA) is 66.5 Å². The largest absolute Gasteiger partial charge is 0.340 e. The van der Waals surface area contributed by atoms with E-state index >= 15 is 0 Å². The maximum Gasteiger partial charge on any atom is 0.252 e. The summed E-state index contributed by atoms with van der Waals surface area (Å²) in [5.74, 6) is -0.442. The summed E-state index contributed by atoms with van der Waals surface area (Å²) < 4.78 is 0. The van der Waals surface area contributed by atoms with E-state index in [0.717, 1.165) is 18.3 Å². The molecular formula is C19H26N2O3. The molecule has 0 spiro atoms. The van der Waals surface area contributed by atoms with Crippen LogP contribution in [0.1, 0.15) is 49.5 Å². The minimum Gasteiger partial charge on any atom is -0.340 e. The van der Waals surface area contributed by atoms with Crippen molar-refractivity contribution in [1.82, 2.24) is 10.2 Å². The summed E-state index contributed by atoms with van der Waals surface area (Å²) >= 11 is 0. The fraction of sp³-hybridized carbons (Fsp3) is 0.526. The van der Waals surface area contributed by atoms with Gasteiger partial charge in [0.2, 0.25) is 5.91 Å². The number of nitrogens with zero attached hydrogens (tertiary/aromatic N) is 1. The first kappa shape index (κ1) is 18.2. The molecule has 1 aromatic carbocycles. The number of aldehydes is 1. The second-order valence-electron chi connectivity index (χ2n) is 7.46. The highest BCUT2D eigenvalue weighted by Crippen LogP contribution is 2.25. The number of amides is 2. The lowest BCUT2D eigenvalue weighted by molar-refractivity contribution is -0.138. The first-order valence-corrected chi connectivity index (χ1v) is 8.38. The summed E-state index contributed by atoms with van der Waals surface area (Å²) in [6, 6.07) is 6.24. The lowest BCUT2D eigenvalue weighted by Gasteiger charge is -2.34. The Morgan fingerprint density at radius 3 is 2.54 bits per heavy atom. The van der Waals surface area contributed by atoms with Crippen LogP contribution in [0.2, 0.25) is 0 Å². The molecule has 1 aliphatic heterocycles. The number of aryl methyl sites for hydroxylation is 1. The van der Waals surface area contributed by atoms with Gasteiger partial charge in [-0.15, -0.1) is 0 Å². The summed E-state index contributed by atoms with van der Waals surface area (Å²) in [6.07, 6.45) is 2.34. The van der Waals surface area contributed by atoms with Crippen LogP contribution >= 0.6 is 0 Å². The van der Waals surface area contributed by atoms with Crippen molar-refractivity contribution in [3.8, 4) is 0 Å². The number of hydrogen-bond donors (Lipinski definition) is 1. The van der Waals surface area contributed by atoms with Gasteiger partial charge in [-0.1, -0.05) is 39.0 Å². The highest BCUT2D eigenvalue weighted by atomic mass is 16.2. The SMILES string of the molecule is Cc1ccccc1C(=O)N[C@H](C(=O)N1CCC[C@H]1C=O)C(C)(C)C. The fourth-order valence-electron chi connectivity index (χ4n) is 3.06. The lowest BCUT2D eigenvalue weighted by atomic mass is 9.85. The van der Waals surface area contributed by atoms with Gasteiger partial charge in [0.15, 0.2) is 0 Å². The van der Waals surface area contributed by atoms with E-state index in [4.69, 9.17) is 0 Å². The number of benzene rings is 1. The summed E-state index contributed by atoms with van der Waals surface area (Å²) in [6.45, 7) is 8.18. The van der Waals surface area contributed by atoms with E-state index in [1.54, 1.807) is 17.0 Å². The Balaban J connectivity index is 2.23. The van der Waals surface area contributed by atoms with Crippen LogP contribution < -0.4 is 5.32 Å². The normalized spacial score (nSPS) is 19.0. The molecule has 1 N–H and O–H groups in total.